The number of hydrogen-bond donors (Lipinski definition) is 1. The highest BCUT2D eigenvalue weighted by Gasteiger charge is 2.13. The molecule has 0 aliphatic carbocycles. The molecule has 0 spiro atoms. The molecule has 0 saturated carbocycles. The maximum Gasteiger partial charge on any atom is 0.343 e. The number of esters is 1. The number of carbonyl (C=O) groups is 2. The first-order valence-electron chi connectivity index (χ1n) is 8.44. The van der Waals surface area contributed by atoms with Gasteiger partial charge in [-0.2, -0.15) is 0 Å². The molecule has 0 aromatic heterocycles. The van der Waals surface area contributed by atoms with Crippen LogP contribution in [0.2, 0.25) is 0 Å². The van der Waals surface area contributed by atoms with Crippen LogP contribution in [0.4, 0.5) is 5.69 Å². The molecule has 0 aliphatic heterocycles. The monoisotopic (exact) mass is 345 g/mol. The summed E-state index contributed by atoms with van der Waals surface area (Å²) in [4.78, 5) is 24.0. The topological polar surface area (TPSA) is 55.4 Å². The van der Waals surface area contributed by atoms with Crippen LogP contribution in [-0.2, 0) is 4.79 Å². The van der Waals surface area contributed by atoms with Crippen LogP contribution in [0.25, 0.3) is 11.1 Å². The Kier molecular flexibility index (Phi) is 5.44. The van der Waals surface area contributed by atoms with Gasteiger partial charge in [0.1, 0.15) is 0 Å². The van der Waals surface area contributed by atoms with Crippen molar-refractivity contribution in [3.63, 3.8) is 0 Å². The van der Waals surface area contributed by atoms with Crippen LogP contribution in [0, 0.1) is 0 Å². The molecule has 4 nitrogen and oxygen atoms in total. The molecule has 0 radical (unpaired) electrons. The van der Waals surface area contributed by atoms with Crippen molar-refractivity contribution in [2.24, 2.45) is 0 Å². The van der Waals surface area contributed by atoms with Crippen molar-refractivity contribution in [3.05, 3.63) is 84.4 Å². The molecular formula is C22H19NO3. The third kappa shape index (κ3) is 4.16. The van der Waals surface area contributed by atoms with Gasteiger partial charge < -0.3 is 10.1 Å². The minimum Gasteiger partial charge on any atom is -0.421 e. The number of para-hydroxylation sites is 2. The second-order valence-electron chi connectivity index (χ2n) is 5.73. The van der Waals surface area contributed by atoms with Gasteiger partial charge in [0, 0.05) is 6.42 Å². The molecule has 130 valence electrons. The molecule has 0 fully saturated rings. The van der Waals surface area contributed by atoms with Gasteiger partial charge in [-0.15, -0.1) is 0 Å². The quantitative estimate of drug-likeness (QED) is 0.527. The summed E-state index contributed by atoms with van der Waals surface area (Å²) in [5, 5.41) is 2.73. The van der Waals surface area contributed by atoms with E-state index in [0.29, 0.717) is 23.4 Å². The van der Waals surface area contributed by atoms with Crippen LogP contribution in [-0.4, -0.2) is 11.9 Å². The summed E-state index contributed by atoms with van der Waals surface area (Å²) in [5.41, 5.74) is 3.03. The fraction of sp³-hybridized carbons (Fsp3) is 0.0909. The summed E-state index contributed by atoms with van der Waals surface area (Å²) in [5.74, 6) is -0.282. The first-order chi connectivity index (χ1) is 12.7. The number of carbonyl (C=O) groups excluding carboxylic acids is 2. The van der Waals surface area contributed by atoms with Gasteiger partial charge in [-0.3, -0.25) is 4.79 Å². The summed E-state index contributed by atoms with van der Waals surface area (Å²) in [6, 6.07) is 24.1. The lowest BCUT2D eigenvalue weighted by molar-refractivity contribution is -0.115. The van der Waals surface area contributed by atoms with E-state index in [1.807, 2.05) is 42.5 Å². The molecule has 3 rings (SSSR count). The van der Waals surface area contributed by atoms with Crippen molar-refractivity contribution in [2.45, 2.75) is 13.3 Å². The lowest BCUT2D eigenvalue weighted by atomic mass is 10.0. The minimum absolute atomic E-state index is 0.138. The fourth-order valence-corrected chi connectivity index (χ4v) is 2.49. The van der Waals surface area contributed by atoms with Gasteiger partial charge in [0.2, 0.25) is 5.91 Å². The molecular weight excluding hydrogens is 326 g/mol. The Labute approximate surface area is 152 Å². The summed E-state index contributed by atoms with van der Waals surface area (Å²) < 4.78 is 5.47. The SMILES string of the molecule is CCC(=O)Nc1ccccc1OC(=O)c1ccc(-c2ccccc2)cc1. The molecule has 0 saturated heterocycles. The predicted molar refractivity (Wildman–Crippen MR) is 102 cm³/mol. The number of ether oxygens (including phenoxy) is 1. The van der Waals surface area contributed by atoms with Gasteiger partial charge in [0.25, 0.3) is 0 Å². The van der Waals surface area contributed by atoms with Crippen LogP contribution in [0.5, 0.6) is 5.75 Å². The molecule has 0 unspecified atom stereocenters. The Morgan fingerprint density at radius 2 is 1.42 bits per heavy atom. The molecule has 0 heterocycles. The number of rotatable bonds is 5. The molecule has 26 heavy (non-hydrogen) atoms. The third-order valence-electron chi connectivity index (χ3n) is 3.91. The van der Waals surface area contributed by atoms with Crippen LogP contribution in [0.3, 0.4) is 0 Å². The Hall–Kier alpha value is -3.40. The van der Waals surface area contributed by atoms with Crippen molar-refractivity contribution >= 4 is 17.6 Å². The number of amides is 1. The Bertz CT molecular complexity index is 902. The lowest BCUT2D eigenvalue weighted by Gasteiger charge is -2.11. The molecule has 1 N–H and O–H groups in total. The predicted octanol–water partition coefficient (Wildman–Crippen LogP) is 4.92. The van der Waals surface area contributed by atoms with E-state index < -0.39 is 5.97 Å². The molecule has 1 amide bonds. The van der Waals surface area contributed by atoms with Crippen LogP contribution < -0.4 is 10.1 Å². The smallest absolute Gasteiger partial charge is 0.343 e. The maximum atomic E-state index is 12.4. The van der Waals surface area contributed by atoms with Crippen molar-refractivity contribution < 1.29 is 14.3 Å². The van der Waals surface area contributed by atoms with Gasteiger partial charge in [0.05, 0.1) is 11.3 Å². The average molecular weight is 345 g/mol. The van der Waals surface area contributed by atoms with Gasteiger partial charge in [0.15, 0.2) is 5.75 Å². The number of benzene rings is 3. The molecule has 3 aromatic carbocycles. The van der Waals surface area contributed by atoms with Gasteiger partial charge in [-0.25, -0.2) is 4.79 Å². The van der Waals surface area contributed by atoms with Crippen LogP contribution in [0.1, 0.15) is 23.7 Å². The number of anilines is 1. The molecule has 0 aliphatic rings. The first kappa shape index (κ1) is 17.4. The Balaban J connectivity index is 1.76. The van der Waals surface area contributed by atoms with Crippen molar-refractivity contribution in [3.8, 4) is 16.9 Å². The van der Waals surface area contributed by atoms with Gasteiger partial charge in [-0.1, -0.05) is 61.5 Å². The van der Waals surface area contributed by atoms with Crippen molar-refractivity contribution in [1.82, 2.24) is 0 Å². The zero-order chi connectivity index (χ0) is 18.4. The van der Waals surface area contributed by atoms with E-state index in [2.05, 4.69) is 5.32 Å². The Morgan fingerprint density at radius 1 is 0.808 bits per heavy atom. The maximum absolute atomic E-state index is 12.4. The summed E-state index contributed by atoms with van der Waals surface area (Å²) in [6.07, 6.45) is 0.350. The molecule has 0 atom stereocenters. The fourth-order valence-electron chi connectivity index (χ4n) is 2.49. The van der Waals surface area contributed by atoms with Crippen LogP contribution >= 0.6 is 0 Å². The zero-order valence-electron chi connectivity index (χ0n) is 14.4. The van der Waals surface area contributed by atoms with E-state index in [4.69, 9.17) is 4.74 Å². The van der Waals surface area contributed by atoms with E-state index >= 15 is 0 Å². The largest absolute Gasteiger partial charge is 0.421 e. The van der Waals surface area contributed by atoms with E-state index in [1.165, 1.54) is 0 Å². The lowest BCUT2D eigenvalue weighted by Crippen LogP contribution is -2.13. The zero-order valence-corrected chi connectivity index (χ0v) is 14.4. The van der Waals surface area contributed by atoms with E-state index in [9.17, 15) is 9.59 Å². The first-order valence-corrected chi connectivity index (χ1v) is 8.44. The summed E-state index contributed by atoms with van der Waals surface area (Å²) in [6.45, 7) is 1.76. The normalized spacial score (nSPS) is 10.2. The average Bonchev–Trinajstić information content (AvgIpc) is 2.70. The van der Waals surface area contributed by atoms with E-state index in [1.54, 1.807) is 43.3 Å². The molecule has 0 bridgehead atoms. The third-order valence-corrected chi connectivity index (χ3v) is 3.91. The van der Waals surface area contributed by atoms with Gasteiger partial charge >= 0.3 is 5.97 Å². The van der Waals surface area contributed by atoms with Crippen molar-refractivity contribution in [2.75, 3.05) is 5.32 Å². The second kappa shape index (κ2) is 8.12. The highest BCUT2D eigenvalue weighted by molar-refractivity contribution is 5.95. The standard InChI is InChI=1S/C22H19NO3/c1-2-21(24)23-19-10-6-7-11-20(19)26-22(25)18-14-12-17(13-15-18)16-8-4-3-5-9-16/h3-15H,2H2,1H3,(H,23,24). The van der Waals surface area contributed by atoms with Gasteiger partial charge in [-0.05, 0) is 35.4 Å². The summed E-state index contributed by atoms with van der Waals surface area (Å²) in [7, 11) is 0. The Morgan fingerprint density at radius 3 is 2.12 bits per heavy atom. The number of nitrogens with one attached hydrogen (secondary N) is 1. The summed E-state index contributed by atoms with van der Waals surface area (Å²) >= 11 is 0. The highest BCUT2D eigenvalue weighted by Crippen LogP contribution is 2.25. The second-order valence-corrected chi connectivity index (χ2v) is 5.73. The van der Waals surface area contributed by atoms with Crippen LogP contribution in [0.15, 0.2) is 78.9 Å². The minimum atomic E-state index is -0.470. The molecule has 3 aromatic rings. The van der Waals surface area contributed by atoms with E-state index in [0.717, 1.165) is 11.1 Å². The van der Waals surface area contributed by atoms with Crippen molar-refractivity contribution in [1.29, 1.82) is 0 Å². The van der Waals surface area contributed by atoms with E-state index in [-0.39, 0.29) is 5.91 Å². The number of hydrogen-bond acceptors (Lipinski definition) is 3. The molecule has 4 heteroatoms. The highest BCUT2D eigenvalue weighted by atomic mass is 16.5.